The van der Waals surface area contributed by atoms with Crippen LogP contribution in [0.25, 0.3) is 0 Å². The number of para-hydroxylation sites is 1. The van der Waals surface area contributed by atoms with Crippen molar-refractivity contribution < 1.29 is 4.74 Å². The molecule has 0 bridgehead atoms. The molecule has 1 aromatic heterocycles. The fourth-order valence-corrected chi connectivity index (χ4v) is 2.36. The molecular weight excluding hydrogens is 252 g/mol. The van der Waals surface area contributed by atoms with Crippen molar-refractivity contribution in [3.8, 4) is 5.75 Å². The molecule has 3 rings (SSSR count). The van der Waals surface area contributed by atoms with Crippen molar-refractivity contribution in [3.63, 3.8) is 0 Å². The number of nitrogens with one attached hydrogen (secondary N) is 2. The Morgan fingerprint density at radius 3 is 2.70 bits per heavy atom. The number of methoxy groups -OCH3 is 1. The second-order valence-electron chi connectivity index (χ2n) is 6.02. The number of hydrogen-bond acceptors (Lipinski definition) is 4. The van der Waals surface area contributed by atoms with Crippen molar-refractivity contribution >= 4 is 5.82 Å². The number of nitrogens with zero attached hydrogens (tertiary/aromatic N) is 2. The van der Waals surface area contributed by atoms with Crippen LogP contribution in [0.1, 0.15) is 38.2 Å². The van der Waals surface area contributed by atoms with Crippen molar-refractivity contribution in [1.82, 2.24) is 15.2 Å². The zero-order valence-electron chi connectivity index (χ0n) is 12.3. The Morgan fingerprint density at radius 1 is 1.25 bits per heavy atom. The average molecular weight is 272 g/mol. The smallest absolute Gasteiger partial charge is 0.149 e. The molecule has 0 radical (unpaired) electrons. The van der Waals surface area contributed by atoms with Crippen LogP contribution in [-0.2, 0) is 5.41 Å². The lowest BCUT2D eigenvalue weighted by atomic mass is 9.92. The van der Waals surface area contributed by atoms with Crippen LogP contribution < -0.4 is 15.6 Å². The Morgan fingerprint density at radius 2 is 2.00 bits per heavy atom. The van der Waals surface area contributed by atoms with E-state index in [0.29, 0.717) is 0 Å². The number of hydrogen-bond donors (Lipinski definition) is 2. The SMILES string of the molecule is COc1ccccc1C1NNc2cc(C(C)(C)C)nn21. The van der Waals surface area contributed by atoms with Crippen molar-refractivity contribution in [1.29, 1.82) is 0 Å². The Kier molecular flexibility index (Phi) is 2.94. The van der Waals surface area contributed by atoms with Gasteiger partial charge < -0.3 is 10.2 Å². The van der Waals surface area contributed by atoms with Crippen LogP contribution in [0.3, 0.4) is 0 Å². The summed E-state index contributed by atoms with van der Waals surface area (Å²) < 4.78 is 7.41. The Hall–Kier alpha value is -2.01. The van der Waals surface area contributed by atoms with E-state index in [4.69, 9.17) is 9.84 Å². The lowest BCUT2D eigenvalue weighted by molar-refractivity contribution is 0.393. The van der Waals surface area contributed by atoms with E-state index in [0.717, 1.165) is 22.8 Å². The quantitative estimate of drug-likeness (QED) is 0.882. The summed E-state index contributed by atoms with van der Waals surface area (Å²) in [6, 6.07) is 10.1. The Bertz CT molecular complexity index is 627. The average Bonchev–Trinajstić information content (AvgIpc) is 2.97. The number of fused-ring (bicyclic) bond motifs is 1. The third-order valence-electron chi connectivity index (χ3n) is 3.52. The molecule has 5 heteroatoms. The zero-order valence-corrected chi connectivity index (χ0v) is 12.3. The normalized spacial score (nSPS) is 17.7. The van der Waals surface area contributed by atoms with Crippen molar-refractivity contribution in [2.45, 2.75) is 32.4 Å². The predicted molar refractivity (Wildman–Crippen MR) is 78.8 cm³/mol. The third kappa shape index (κ3) is 2.04. The van der Waals surface area contributed by atoms with E-state index in [1.54, 1.807) is 7.11 Å². The predicted octanol–water partition coefficient (Wildman–Crippen LogP) is 2.67. The largest absolute Gasteiger partial charge is 0.496 e. The molecule has 20 heavy (non-hydrogen) atoms. The van der Waals surface area contributed by atoms with Gasteiger partial charge in [0.05, 0.1) is 12.8 Å². The van der Waals surface area contributed by atoms with Crippen LogP contribution in [0.2, 0.25) is 0 Å². The first-order valence-electron chi connectivity index (χ1n) is 6.75. The molecular formula is C15H20N4O. The highest BCUT2D eigenvalue weighted by atomic mass is 16.5. The van der Waals surface area contributed by atoms with E-state index >= 15 is 0 Å². The lowest BCUT2D eigenvalue weighted by Gasteiger charge is -2.18. The maximum Gasteiger partial charge on any atom is 0.149 e. The van der Waals surface area contributed by atoms with Crippen LogP contribution >= 0.6 is 0 Å². The molecule has 2 N–H and O–H groups in total. The van der Waals surface area contributed by atoms with Gasteiger partial charge in [0.1, 0.15) is 17.7 Å². The first-order chi connectivity index (χ1) is 9.50. The molecule has 0 aliphatic carbocycles. The monoisotopic (exact) mass is 272 g/mol. The van der Waals surface area contributed by atoms with Gasteiger partial charge in [-0.2, -0.15) is 5.10 Å². The van der Waals surface area contributed by atoms with E-state index in [9.17, 15) is 0 Å². The highest BCUT2D eigenvalue weighted by Gasteiger charge is 2.29. The Labute approximate surface area is 118 Å². The van der Waals surface area contributed by atoms with Gasteiger partial charge in [0.2, 0.25) is 0 Å². The van der Waals surface area contributed by atoms with Gasteiger partial charge in [-0.1, -0.05) is 39.0 Å². The summed E-state index contributed by atoms with van der Waals surface area (Å²) >= 11 is 0. The fourth-order valence-electron chi connectivity index (χ4n) is 2.36. The molecule has 106 valence electrons. The molecule has 0 saturated heterocycles. The summed E-state index contributed by atoms with van der Waals surface area (Å²) in [6.07, 6.45) is -0.0581. The summed E-state index contributed by atoms with van der Waals surface area (Å²) in [5.74, 6) is 1.83. The van der Waals surface area contributed by atoms with E-state index in [1.165, 1.54) is 0 Å². The van der Waals surface area contributed by atoms with Gasteiger partial charge in [0.25, 0.3) is 0 Å². The van der Waals surface area contributed by atoms with Crippen LogP contribution in [0, 0.1) is 0 Å². The second kappa shape index (κ2) is 4.52. The topological polar surface area (TPSA) is 51.1 Å². The number of hydrazine groups is 1. The summed E-state index contributed by atoms with van der Waals surface area (Å²) in [5, 5.41) is 4.73. The number of benzene rings is 1. The fraction of sp³-hybridized carbons (Fsp3) is 0.400. The van der Waals surface area contributed by atoms with Crippen LogP contribution in [0.5, 0.6) is 5.75 Å². The molecule has 2 heterocycles. The summed E-state index contributed by atoms with van der Waals surface area (Å²) in [6.45, 7) is 6.49. The van der Waals surface area contributed by atoms with Crippen molar-refractivity contribution in [2.75, 3.05) is 12.5 Å². The van der Waals surface area contributed by atoms with E-state index in [1.807, 2.05) is 28.9 Å². The molecule has 5 nitrogen and oxygen atoms in total. The highest BCUT2D eigenvalue weighted by molar-refractivity contribution is 5.46. The molecule has 2 aromatic rings. The minimum atomic E-state index is -0.0581. The lowest BCUT2D eigenvalue weighted by Crippen LogP contribution is -2.25. The van der Waals surface area contributed by atoms with E-state index in [-0.39, 0.29) is 11.6 Å². The van der Waals surface area contributed by atoms with Crippen molar-refractivity contribution in [2.24, 2.45) is 0 Å². The summed E-state index contributed by atoms with van der Waals surface area (Å²) in [4.78, 5) is 0. The van der Waals surface area contributed by atoms with Gasteiger partial charge in [-0.15, -0.1) is 0 Å². The third-order valence-corrected chi connectivity index (χ3v) is 3.52. The summed E-state index contributed by atoms with van der Waals surface area (Å²) in [5.41, 5.74) is 8.59. The van der Waals surface area contributed by atoms with E-state index in [2.05, 4.69) is 37.7 Å². The first kappa shape index (κ1) is 13.0. The van der Waals surface area contributed by atoms with Gasteiger partial charge >= 0.3 is 0 Å². The van der Waals surface area contributed by atoms with Crippen LogP contribution in [0.15, 0.2) is 30.3 Å². The molecule has 1 aliphatic heterocycles. The first-order valence-corrected chi connectivity index (χ1v) is 6.75. The molecule has 1 atom stereocenters. The number of aromatic nitrogens is 2. The number of ether oxygens (including phenoxy) is 1. The second-order valence-corrected chi connectivity index (χ2v) is 6.02. The molecule has 0 fully saturated rings. The number of rotatable bonds is 2. The molecule has 1 aromatic carbocycles. The molecule has 0 saturated carbocycles. The van der Waals surface area contributed by atoms with Gasteiger partial charge in [-0.25, -0.2) is 10.1 Å². The van der Waals surface area contributed by atoms with Crippen LogP contribution in [-0.4, -0.2) is 16.9 Å². The van der Waals surface area contributed by atoms with Gasteiger partial charge in [0.15, 0.2) is 0 Å². The highest BCUT2D eigenvalue weighted by Crippen LogP contribution is 2.33. The van der Waals surface area contributed by atoms with Gasteiger partial charge in [-0.05, 0) is 6.07 Å². The molecule has 0 amide bonds. The maximum atomic E-state index is 5.44. The summed E-state index contributed by atoms with van der Waals surface area (Å²) in [7, 11) is 1.69. The van der Waals surface area contributed by atoms with Gasteiger partial charge in [-0.3, -0.25) is 0 Å². The number of anilines is 1. The van der Waals surface area contributed by atoms with E-state index < -0.39 is 0 Å². The molecule has 1 unspecified atom stereocenters. The van der Waals surface area contributed by atoms with Crippen molar-refractivity contribution in [3.05, 3.63) is 41.6 Å². The maximum absolute atomic E-state index is 5.44. The standard InChI is InChI=1S/C15H20N4O/c1-15(2,3)12-9-13-16-17-14(19(13)18-12)10-7-5-6-8-11(10)20-4/h5-9,14,16-17H,1-4H3. The molecule has 0 spiro atoms. The zero-order chi connectivity index (χ0) is 14.3. The minimum absolute atomic E-state index is 0.0321. The molecule has 1 aliphatic rings. The Balaban J connectivity index is 2.02. The minimum Gasteiger partial charge on any atom is -0.496 e. The van der Waals surface area contributed by atoms with Crippen LogP contribution in [0.4, 0.5) is 5.82 Å². The van der Waals surface area contributed by atoms with Gasteiger partial charge in [0, 0.05) is 17.0 Å².